The summed E-state index contributed by atoms with van der Waals surface area (Å²) in [5, 5.41) is 4.63. The highest BCUT2D eigenvalue weighted by Gasteiger charge is 2.21. The molecular formula is C18H26N4O3S. The van der Waals surface area contributed by atoms with Crippen molar-refractivity contribution in [3.8, 4) is 5.69 Å². The van der Waals surface area contributed by atoms with E-state index in [9.17, 15) is 13.2 Å². The maximum atomic E-state index is 12.4. The number of hydrogen-bond donors (Lipinski definition) is 0. The zero-order valence-electron chi connectivity index (χ0n) is 16.1. The van der Waals surface area contributed by atoms with Gasteiger partial charge in [0.15, 0.2) is 0 Å². The van der Waals surface area contributed by atoms with E-state index in [1.165, 1.54) is 11.9 Å². The highest BCUT2D eigenvalue weighted by atomic mass is 32.2. The molecule has 1 aromatic carbocycles. The molecule has 0 bridgehead atoms. The fourth-order valence-corrected chi connectivity index (χ4v) is 3.04. The van der Waals surface area contributed by atoms with Crippen LogP contribution >= 0.6 is 0 Å². The Labute approximate surface area is 155 Å². The van der Waals surface area contributed by atoms with Crippen molar-refractivity contribution in [2.24, 2.45) is 0 Å². The second kappa shape index (κ2) is 7.59. The SMILES string of the molecule is Cc1ccccc1-n1nc(C)c(CN(C)C(=O)CN(C)S(C)(=O)=O)c1C. The minimum atomic E-state index is -3.39. The lowest BCUT2D eigenvalue weighted by atomic mass is 10.1. The van der Waals surface area contributed by atoms with Crippen molar-refractivity contribution in [2.75, 3.05) is 26.9 Å². The molecular weight excluding hydrogens is 352 g/mol. The third-order valence-corrected chi connectivity index (χ3v) is 5.79. The van der Waals surface area contributed by atoms with Gasteiger partial charge >= 0.3 is 0 Å². The van der Waals surface area contributed by atoms with Gasteiger partial charge in [-0.25, -0.2) is 13.1 Å². The Bertz CT molecular complexity index is 919. The minimum Gasteiger partial charge on any atom is -0.340 e. The van der Waals surface area contributed by atoms with Crippen molar-refractivity contribution in [1.82, 2.24) is 19.0 Å². The number of likely N-dealkylation sites (N-methyl/N-ethyl adjacent to an activating group) is 2. The van der Waals surface area contributed by atoms with E-state index in [1.54, 1.807) is 7.05 Å². The average molecular weight is 378 g/mol. The highest BCUT2D eigenvalue weighted by molar-refractivity contribution is 7.88. The van der Waals surface area contributed by atoms with Gasteiger partial charge in [0.05, 0.1) is 24.2 Å². The third-order valence-electron chi connectivity index (χ3n) is 4.53. The van der Waals surface area contributed by atoms with Crippen LogP contribution in [0.3, 0.4) is 0 Å². The number of hydrogen-bond acceptors (Lipinski definition) is 4. The van der Waals surface area contributed by atoms with E-state index >= 15 is 0 Å². The van der Waals surface area contributed by atoms with E-state index in [0.717, 1.165) is 38.8 Å². The van der Waals surface area contributed by atoms with Gasteiger partial charge in [-0.3, -0.25) is 4.79 Å². The summed E-state index contributed by atoms with van der Waals surface area (Å²) in [6.07, 6.45) is 1.08. The first-order chi connectivity index (χ1) is 12.0. The van der Waals surface area contributed by atoms with Crippen LogP contribution in [0.5, 0.6) is 0 Å². The molecule has 0 spiro atoms. The zero-order chi connectivity index (χ0) is 19.6. The Kier molecular flexibility index (Phi) is 5.87. The van der Waals surface area contributed by atoms with Crippen LogP contribution < -0.4 is 0 Å². The molecule has 142 valence electrons. The van der Waals surface area contributed by atoms with Gasteiger partial charge in [0.2, 0.25) is 15.9 Å². The lowest BCUT2D eigenvalue weighted by molar-refractivity contribution is -0.130. The lowest BCUT2D eigenvalue weighted by Crippen LogP contribution is -2.38. The maximum Gasteiger partial charge on any atom is 0.237 e. The van der Waals surface area contributed by atoms with Gasteiger partial charge in [-0.2, -0.15) is 9.40 Å². The molecule has 0 aliphatic rings. The Morgan fingerprint density at radius 3 is 2.35 bits per heavy atom. The fourth-order valence-electron chi connectivity index (χ4n) is 2.69. The van der Waals surface area contributed by atoms with E-state index in [4.69, 9.17) is 0 Å². The molecule has 0 saturated carbocycles. The Morgan fingerprint density at radius 2 is 1.77 bits per heavy atom. The van der Waals surface area contributed by atoms with Crippen LogP contribution in [0.2, 0.25) is 0 Å². The molecule has 1 amide bonds. The monoisotopic (exact) mass is 378 g/mol. The predicted octanol–water partition coefficient (Wildman–Crippen LogP) is 1.65. The van der Waals surface area contributed by atoms with Crippen molar-refractivity contribution in [2.45, 2.75) is 27.3 Å². The number of rotatable bonds is 6. The second-order valence-corrected chi connectivity index (χ2v) is 8.71. The molecule has 0 aliphatic carbocycles. The van der Waals surface area contributed by atoms with Gasteiger partial charge < -0.3 is 4.90 Å². The first-order valence-corrected chi connectivity index (χ1v) is 10.1. The fraction of sp³-hybridized carbons (Fsp3) is 0.444. The molecule has 0 unspecified atom stereocenters. The molecule has 0 atom stereocenters. The maximum absolute atomic E-state index is 12.4. The van der Waals surface area contributed by atoms with E-state index in [1.807, 2.05) is 49.7 Å². The quantitative estimate of drug-likeness (QED) is 0.766. The van der Waals surface area contributed by atoms with Crippen molar-refractivity contribution in [3.05, 3.63) is 46.8 Å². The summed E-state index contributed by atoms with van der Waals surface area (Å²) in [7, 11) is -0.322. The molecule has 1 heterocycles. The number of nitrogens with zero attached hydrogens (tertiary/aromatic N) is 4. The summed E-state index contributed by atoms with van der Waals surface area (Å²) >= 11 is 0. The van der Waals surface area contributed by atoms with Gasteiger partial charge in [-0.1, -0.05) is 18.2 Å². The number of carbonyl (C=O) groups excluding carboxylic acids is 1. The first kappa shape index (κ1) is 20.1. The topological polar surface area (TPSA) is 75.5 Å². The van der Waals surface area contributed by atoms with E-state index in [2.05, 4.69) is 5.10 Å². The molecule has 26 heavy (non-hydrogen) atoms. The molecule has 0 radical (unpaired) electrons. The van der Waals surface area contributed by atoms with Crippen molar-refractivity contribution < 1.29 is 13.2 Å². The average Bonchev–Trinajstić information content (AvgIpc) is 2.82. The third kappa shape index (κ3) is 4.31. The first-order valence-electron chi connectivity index (χ1n) is 8.28. The summed E-state index contributed by atoms with van der Waals surface area (Å²) in [6.45, 7) is 6.11. The van der Waals surface area contributed by atoms with Crippen LogP contribution in [-0.2, 0) is 21.4 Å². The molecule has 2 aromatic rings. The smallest absolute Gasteiger partial charge is 0.237 e. The highest BCUT2D eigenvalue weighted by Crippen LogP contribution is 2.21. The van der Waals surface area contributed by atoms with Gasteiger partial charge in [-0.05, 0) is 32.4 Å². The van der Waals surface area contributed by atoms with Crippen molar-refractivity contribution >= 4 is 15.9 Å². The van der Waals surface area contributed by atoms with E-state index < -0.39 is 10.0 Å². The van der Waals surface area contributed by atoms with Gasteiger partial charge in [-0.15, -0.1) is 0 Å². The molecule has 0 fully saturated rings. The molecule has 8 heteroatoms. The molecule has 0 aliphatic heterocycles. The van der Waals surface area contributed by atoms with Gasteiger partial charge in [0.1, 0.15) is 0 Å². The van der Waals surface area contributed by atoms with Crippen LogP contribution in [0.1, 0.15) is 22.5 Å². The minimum absolute atomic E-state index is 0.181. The molecule has 7 nitrogen and oxygen atoms in total. The summed E-state index contributed by atoms with van der Waals surface area (Å²) in [5.41, 5.74) is 4.90. The van der Waals surface area contributed by atoms with Gasteiger partial charge in [0, 0.05) is 31.9 Å². The van der Waals surface area contributed by atoms with Crippen LogP contribution in [0.25, 0.3) is 5.69 Å². The Morgan fingerprint density at radius 1 is 1.15 bits per heavy atom. The number of carbonyl (C=O) groups is 1. The van der Waals surface area contributed by atoms with Crippen LogP contribution in [0.15, 0.2) is 24.3 Å². The number of para-hydroxylation sites is 1. The molecule has 0 saturated heterocycles. The van der Waals surface area contributed by atoms with Crippen LogP contribution in [0.4, 0.5) is 0 Å². The largest absolute Gasteiger partial charge is 0.340 e. The summed E-state index contributed by atoms with van der Waals surface area (Å²) < 4.78 is 25.9. The second-order valence-electron chi connectivity index (χ2n) is 6.62. The Balaban J connectivity index is 2.23. The molecule has 1 aromatic heterocycles. The molecule has 2 rings (SSSR count). The Hall–Kier alpha value is -2.19. The number of amides is 1. The lowest BCUT2D eigenvalue weighted by Gasteiger charge is -2.21. The summed E-state index contributed by atoms with van der Waals surface area (Å²) in [6, 6.07) is 7.99. The van der Waals surface area contributed by atoms with Crippen LogP contribution in [0, 0.1) is 20.8 Å². The predicted molar refractivity (Wildman–Crippen MR) is 102 cm³/mol. The number of sulfonamides is 1. The standard InChI is InChI=1S/C18H26N4O3S/c1-13-9-7-8-10-17(13)22-15(3)16(14(2)19-22)11-20(4)18(23)12-21(5)26(6,24)25/h7-10H,11-12H2,1-6H3. The summed E-state index contributed by atoms with van der Waals surface area (Å²) in [5.74, 6) is -0.264. The summed E-state index contributed by atoms with van der Waals surface area (Å²) in [4.78, 5) is 13.9. The number of benzene rings is 1. The molecule has 0 N–H and O–H groups in total. The van der Waals surface area contributed by atoms with Crippen LogP contribution in [-0.4, -0.2) is 60.2 Å². The van der Waals surface area contributed by atoms with E-state index in [0.29, 0.717) is 6.54 Å². The zero-order valence-corrected chi connectivity index (χ0v) is 17.0. The van der Waals surface area contributed by atoms with E-state index in [-0.39, 0.29) is 12.5 Å². The number of aryl methyl sites for hydroxylation is 2. The van der Waals surface area contributed by atoms with Crippen molar-refractivity contribution in [1.29, 1.82) is 0 Å². The van der Waals surface area contributed by atoms with Gasteiger partial charge in [0.25, 0.3) is 0 Å². The number of aromatic nitrogens is 2. The van der Waals surface area contributed by atoms with Crippen molar-refractivity contribution in [3.63, 3.8) is 0 Å². The normalized spacial score (nSPS) is 11.8.